The Morgan fingerprint density at radius 3 is 2.69 bits per heavy atom. The lowest BCUT2D eigenvalue weighted by Crippen LogP contribution is -2.46. The van der Waals surface area contributed by atoms with Crippen molar-refractivity contribution in [3.63, 3.8) is 0 Å². The van der Waals surface area contributed by atoms with Crippen molar-refractivity contribution in [3.8, 4) is 0 Å². The van der Waals surface area contributed by atoms with Crippen molar-refractivity contribution in [2.24, 2.45) is 5.92 Å². The number of carboxylic acid groups (broad SMARTS) is 1. The monoisotopic (exact) mass is 272 g/mol. The van der Waals surface area contributed by atoms with Gasteiger partial charge in [-0.15, -0.1) is 24.8 Å². The molecule has 0 spiro atoms. The first kappa shape index (κ1) is 18.3. The van der Waals surface area contributed by atoms with Crippen molar-refractivity contribution in [3.05, 3.63) is 0 Å². The predicted molar refractivity (Wildman–Crippen MR) is 69.8 cm³/mol. The van der Waals surface area contributed by atoms with Gasteiger partial charge in [-0.1, -0.05) is 6.92 Å². The molecule has 4 nitrogen and oxygen atoms in total. The lowest BCUT2D eigenvalue weighted by molar-refractivity contribution is -0.141. The van der Waals surface area contributed by atoms with Gasteiger partial charge in [-0.3, -0.25) is 4.79 Å². The number of carboxylic acids is 1. The highest BCUT2D eigenvalue weighted by Crippen LogP contribution is 2.11. The van der Waals surface area contributed by atoms with Gasteiger partial charge in [-0.25, -0.2) is 0 Å². The van der Waals surface area contributed by atoms with Crippen molar-refractivity contribution in [2.45, 2.75) is 25.8 Å². The number of rotatable bonds is 4. The Balaban J connectivity index is 0. The number of aliphatic carboxylic acids is 1. The third-order valence-corrected chi connectivity index (χ3v) is 2.87. The lowest BCUT2D eigenvalue weighted by Gasteiger charge is -2.33. The van der Waals surface area contributed by atoms with E-state index in [1.807, 2.05) is 7.05 Å². The van der Waals surface area contributed by atoms with Gasteiger partial charge >= 0.3 is 5.97 Å². The molecule has 98 valence electrons. The Kier molecular flexibility index (Phi) is 10.4. The molecular formula is C10H22Cl2N2O2. The highest BCUT2D eigenvalue weighted by Gasteiger charge is 2.21. The van der Waals surface area contributed by atoms with Gasteiger partial charge in [0.25, 0.3) is 0 Å². The first-order valence-electron chi connectivity index (χ1n) is 5.26. The fraction of sp³-hybridized carbons (Fsp3) is 0.900. The molecule has 0 aliphatic carbocycles. The zero-order valence-corrected chi connectivity index (χ0v) is 11.4. The third-order valence-electron chi connectivity index (χ3n) is 2.87. The molecule has 1 aliphatic heterocycles. The van der Waals surface area contributed by atoms with Gasteiger partial charge in [0.05, 0.1) is 5.92 Å². The van der Waals surface area contributed by atoms with Crippen LogP contribution in [0.25, 0.3) is 0 Å². The smallest absolute Gasteiger partial charge is 0.307 e. The SMILES string of the molecule is CNC1CCCN(CC(C)C(=O)O)C1.Cl.Cl. The van der Waals surface area contributed by atoms with Crippen molar-refractivity contribution < 1.29 is 9.90 Å². The Labute approximate surface area is 110 Å². The van der Waals surface area contributed by atoms with E-state index in [1.165, 1.54) is 6.42 Å². The number of likely N-dealkylation sites (N-methyl/N-ethyl adjacent to an activating group) is 1. The van der Waals surface area contributed by atoms with E-state index in [0.717, 1.165) is 19.5 Å². The summed E-state index contributed by atoms with van der Waals surface area (Å²) in [6, 6.07) is 0.532. The van der Waals surface area contributed by atoms with Gasteiger partial charge in [-0.2, -0.15) is 0 Å². The van der Waals surface area contributed by atoms with E-state index in [0.29, 0.717) is 12.6 Å². The number of hydrogen-bond donors (Lipinski definition) is 2. The van der Waals surface area contributed by atoms with Crippen LogP contribution in [-0.4, -0.2) is 48.7 Å². The minimum atomic E-state index is -0.698. The minimum absolute atomic E-state index is 0. The summed E-state index contributed by atoms with van der Waals surface area (Å²) in [6.07, 6.45) is 2.37. The van der Waals surface area contributed by atoms with Crippen LogP contribution in [0.5, 0.6) is 0 Å². The summed E-state index contributed by atoms with van der Waals surface area (Å²) >= 11 is 0. The number of likely N-dealkylation sites (tertiary alicyclic amines) is 1. The van der Waals surface area contributed by atoms with E-state index in [1.54, 1.807) is 6.92 Å². The highest BCUT2D eigenvalue weighted by atomic mass is 35.5. The average Bonchev–Trinajstić information content (AvgIpc) is 2.18. The Morgan fingerprint density at radius 1 is 1.56 bits per heavy atom. The average molecular weight is 273 g/mol. The molecule has 1 fully saturated rings. The molecule has 2 atom stereocenters. The number of halogens is 2. The quantitative estimate of drug-likeness (QED) is 0.809. The molecule has 2 unspecified atom stereocenters. The molecule has 0 aromatic heterocycles. The summed E-state index contributed by atoms with van der Waals surface area (Å²) in [4.78, 5) is 12.9. The second kappa shape index (κ2) is 9.05. The van der Waals surface area contributed by atoms with Gasteiger partial charge < -0.3 is 15.3 Å². The molecule has 0 aromatic carbocycles. The summed E-state index contributed by atoms with van der Waals surface area (Å²) in [5, 5.41) is 12.0. The van der Waals surface area contributed by atoms with Crippen LogP contribution in [0.3, 0.4) is 0 Å². The number of hydrogen-bond acceptors (Lipinski definition) is 3. The van der Waals surface area contributed by atoms with Crippen LogP contribution in [0.1, 0.15) is 19.8 Å². The zero-order valence-electron chi connectivity index (χ0n) is 9.81. The largest absolute Gasteiger partial charge is 0.481 e. The normalized spacial score (nSPS) is 22.8. The maximum atomic E-state index is 10.7. The lowest BCUT2D eigenvalue weighted by atomic mass is 10.0. The first-order chi connectivity index (χ1) is 6.63. The van der Waals surface area contributed by atoms with Crippen LogP contribution in [0, 0.1) is 5.92 Å². The van der Waals surface area contributed by atoms with Crippen LogP contribution >= 0.6 is 24.8 Å². The third kappa shape index (κ3) is 5.89. The molecule has 0 amide bonds. The predicted octanol–water partition coefficient (Wildman–Crippen LogP) is 1.23. The summed E-state index contributed by atoms with van der Waals surface area (Å²) in [7, 11) is 1.97. The molecule has 6 heteroatoms. The van der Waals surface area contributed by atoms with E-state index in [2.05, 4.69) is 10.2 Å². The summed E-state index contributed by atoms with van der Waals surface area (Å²) in [5.41, 5.74) is 0. The highest BCUT2D eigenvalue weighted by molar-refractivity contribution is 5.85. The van der Waals surface area contributed by atoms with Gasteiger partial charge in [0, 0.05) is 19.1 Å². The fourth-order valence-corrected chi connectivity index (χ4v) is 1.92. The van der Waals surface area contributed by atoms with Crippen LogP contribution in [-0.2, 0) is 4.79 Å². The van der Waals surface area contributed by atoms with Gasteiger partial charge in [0.2, 0.25) is 0 Å². The van der Waals surface area contributed by atoms with E-state index in [4.69, 9.17) is 5.11 Å². The van der Waals surface area contributed by atoms with E-state index >= 15 is 0 Å². The van der Waals surface area contributed by atoms with Crippen molar-refractivity contribution >= 4 is 30.8 Å². The Morgan fingerprint density at radius 2 is 2.19 bits per heavy atom. The number of nitrogens with one attached hydrogen (secondary N) is 1. The second-order valence-electron chi connectivity index (χ2n) is 4.13. The number of piperidine rings is 1. The molecule has 16 heavy (non-hydrogen) atoms. The topological polar surface area (TPSA) is 52.6 Å². The Hall–Kier alpha value is -0.0300. The van der Waals surface area contributed by atoms with Crippen molar-refractivity contribution in [1.82, 2.24) is 10.2 Å². The summed E-state index contributed by atoms with van der Waals surface area (Å²) in [6.45, 7) is 4.46. The molecular weight excluding hydrogens is 251 g/mol. The van der Waals surface area contributed by atoms with Crippen LogP contribution in [0.15, 0.2) is 0 Å². The van der Waals surface area contributed by atoms with Crippen LogP contribution < -0.4 is 5.32 Å². The molecule has 0 aromatic rings. The maximum absolute atomic E-state index is 10.7. The van der Waals surface area contributed by atoms with E-state index in [-0.39, 0.29) is 30.7 Å². The molecule has 0 bridgehead atoms. The first-order valence-corrected chi connectivity index (χ1v) is 5.26. The maximum Gasteiger partial charge on any atom is 0.307 e. The number of nitrogens with zero attached hydrogens (tertiary/aromatic N) is 1. The standard InChI is InChI=1S/C10H20N2O2.2ClH/c1-8(10(13)14)6-12-5-3-4-9(7-12)11-2;;/h8-9,11H,3-7H2,1-2H3,(H,13,14);2*1H. The number of carbonyl (C=O) groups is 1. The Bertz CT molecular complexity index is 205. The molecule has 1 aliphatic rings. The molecule has 1 heterocycles. The van der Waals surface area contributed by atoms with Crippen molar-refractivity contribution in [1.29, 1.82) is 0 Å². The van der Waals surface area contributed by atoms with E-state index < -0.39 is 5.97 Å². The zero-order chi connectivity index (χ0) is 10.6. The van der Waals surface area contributed by atoms with Gasteiger partial charge in [-0.05, 0) is 26.4 Å². The summed E-state index contributed by atoms with van der Waals surface area (Å²) in [5.74, 6) is -0.956. The molecule has 2 N–H and O–H groups in total. The van der Waals surface area contributed by atoms with E-state index in [9.17, 15) is 4.79 Å². The minimum Gasteiger partial charge on any atom is -0.481 e. The van der Waals surface area contributed by atoms with Crippen LogP contribution in [0.2, 0.25) is 0 Å². The van der Waals surface area contributed by atoms with Crippen LogP contribution in [0.4, 0.5) is 0 Å². The van der Waals surface area contributed by atoms with Crippen molar-refractivity contribution in [2.75, 3.05) is 26.7 Å². The second-order valence-corrected chi connectivity index (χ2v) is 4.13. The molecule has 1 saturated heterocycles. The summed E-state index contributed by atoms with van der Waals surface area (Å²) < 4.78 is 0. The molecule has 1 rings (SSSR count). The fourth-order valence-electron chi connectivity index (χ4n) is 1.92. The van der Waals surface area contributed by atoms with Gasteiger partial charge in [0.15, 0.2) is 0 Å². The molecule has 0 radical (unpaired) electrons. The molecule has 0 saturated carbocycles. The van der Waals surface area contributed by atoms with Gasteiger partial charge in [0.1, 0.15) is 0 Å².